The standard InChI is InChI=1S/C7H15O/c1-6(2)7(3)4-5-8/h6-8H,3-5H2,1-2H3. The molecule has 0 heterocycles. The lowest BCUT2D eigenvalue weighted by molar-refractivity contribution is 0.252. The normalized spacial score (nSPS) is 14.6. The van der Waals surface area contributed by atoms with E-state index >= 15 is 0 Å². The van der Waals surface area contributed by atoms with E-state index in [4.69, 9.17) is 5.11 Å². The molecule has 1 atom stereocenters. The Labute approximate surface area is 51.7 Å². The zero-order valence-corrected chi connectivity index (χ0v) is 5.72. The van der Waals surface area contributed by atoms with Gasteiger partial charge in [0.1, 0.15) is 0 Å². The van der Waals surface area contributed by atoms with Gasteiger partial charge < -0.3 is 5.11 Å². The van der Waals surface area contributed by atoms with Crippen molar-refractivity contribution >= 4 is 0 Å². The summed E-state index contributed by atoms with van der Waals surface area (Å²) in [5.41, 5.74) is 0. The third-order valence-electron chi connectivity index (χ3n) is 1.44. The Morgan fingerprint density at radius 2 is 2.00 bits per heavy atom. The SMILES string of the molecule is [CH2]C(CCO)C(C)C. The van der Waals surface area contributed by atoms with Gasteiger partial charge in [0, 0.05) is 6.61 Å². The Morgan fingerprint density at radius 3 is 2.12 bits per heavy atom. The van der Waals surface area contributed by atoms with E-state index in [1.54, 1.807) is 0 Å². The zero-order chi connectivity index (χ0) is 6.57. The van der Waals surface area contributed by atoms with Crippen molar-refractivity contribution < 1.29 is 5.11 Å². The van der Waals surface area contributed by atoms with E-state index in [0.29, 0.717) is 11.8 Å². The van der Waals surface area contributed by atoms with E-state index in [2.05, 4.69) is 20.8 Å². The van der Waals surface area contributed by atoms with Crippen LogP contribution in [0.25, 0.3) is 0 Å². The molecule has 0 aliphatic heterocycles. The van der Waals surface area contributed by atoms with Gasteiger partial charge in [0.05, 0.1) is 0 Å². The average Bonchev–Trinajstić information content (AvgIpc) is 1.67. The minimum Gasteiger partial charge on any atom is -0.396 e. The summed E-state index contributed by atoms with van der Waals surface area (Å²) in [5, 5.41) is 8.45. The van der Waals surface area contributed by atoms with Crippen molar-refractivity contribution in [1.82, 2.24) is 0 Å². The van der Waals surface area contributed by atoms with Crippen molar-refractivity contribution in [3.05, 3.63) is 6.92 Å². The van der Waals surface area contributed by atoms with Crippen LogP contribution in [0.4, 0.5) is 0 Å². The van der Waals surface area contributed by atoms with Crippen molar-refractivity contribution in [2.45, 2.75) is 20.3 Å². The molecule has 0 aliphatic rings. The fourth-order valence-electron chi connectivity index (χ4n) is 0.499. The van der Waals surface area contributed by atoms with Gasteiger partial charge >= 0.3 is 0 Å². The van der Waals surface area contributed by atoms with Crippen LogP contribution in [0, 0.1) is 18.8 Å². The molecule has 0 aromatic rings. The van der Waals surface area contributed by atoms with Gasteiger partial charge in [-0.05, 0) is 25.2 Å². The second kappa shape index (κ2) is 3.90. The highest BCUT2D eigenvalue weighted by atomic mass is 16.3. The van der Waals surface area contributed by atoms with E-state index in [9.17, 15) is 0 Å². The summed E-state index contributed by atoms with van der Waals surface area (Å²) in [6.45, 7) is 8.37. The third-order valence-corrected chi connectivity index (χ3v) is 1.44. The number of aliphatic hydroxyl groups is 1. The van der Waals surface area contributed by atoms with Crippen molar-refractivity contribution in [2.75, 3.05) is 6.61 Å². The van der Waals surface area contributed by atoms with Crippen LogP contribution in [0.3, 0.4) is 0 Å². The molecule has 1 nitrogen and oxygen atoms in total. The van der Waals surface area contributed by atoms with Gasteiger partial charge in [-0.2, -0.15) is 0 Å². The number of aliphatic hydroxyl groups excluding tert-OH is 1. The van der Waals surface area contributed by atoms with Gasteiger partial charge in [-0.1, -0.05) is 13.8 Å². The summed E-state index contributed by atoms with van der Waals surface area (Å²) >= 11 is 0. The average molecular weight is 115 g/mol. The summed E-state index contributed by atoms with van der Waals surface area (Å²) < 4.78 is 0. The van der Waals surface area contributed by atoms with Crippen LogP contribution in [0.15, 0.2) is 0 Å². The number of hydrogen-bond acceptors (Lipinski definition) is 1. The summed E-state index contributed by atoms with van der Waals surface area (Å²) in [4.78, 5) is 0. The van der Waals surface area contributed by atoms with Gasteiger partial charge in [-0.3, -0.25) is 0 Å². The van der Waals surface area contributed by atoms with Crippen molar-refractivity contribution in [1.29, 1.82) is 0 Å². The number of rotatable bonds is 3. The molecule has 0 amide bonds. The lowest BCUT2D eigenvalue weighted by atomic mass is 9.95. The van der Waals surface area contributed by atoms with Crippen LogP contribution in [0.1, 0.15) is 20.3 Å². The van der Waals surface area contributed by atoms with Crippen molar-refractivity contribution in [3.63, 3.8) is 0 Å². The second-order valence-electron chi connectivity index (χ2n) is 2.52. The van der Waals surface area contributed by atoms with Crippen LogP contribution in [0.2, 0.25) is 0 Å². The molecule has 1 unspecified atom stereocenters. The molecule has 0 bridgehead atoms. The minimum absolute atomic E-state index is 0.270. The maximum Gasteiger partial charge on any atom is 0.0433 e. The first kappa shape index (κ1) is 7.96. The molecular weight excluding hydrogens is 100 g/mol. The van der Waals surface area contributed by atoms with Gasteiger partial charge in [0.2, 0.25) is 0 Å². The molecule has 49 valence electrons. The Morgan fingerprint density at radius 1 is 1.50 bits per heavy atom. The molecule has 1 heteroatoms. The second-order valence-corrected chi connectivity index (χ2v) is 2.52. The molecule has 1 radical (unpaired) electrons. The molecule has 1 N–H and O–H groups in total. The zero-order valence-electron chi connectivity index (χ0n) is 5.72. The molecule has 0 aliphatic carbocycles. The molecule has 0 saturated heterocycles. The Bertz CT molecular complexity index is 50.3. The van der Waals surface area contributed by atoms with Crippen molar-refractivity contribution in [2.24, 2.45) is 11.8 Å². The van der Waals surface area contributed by atoms with Crippen molar-refractivity contribution in [3.8, 4) is 0 Å². The minimum atomic E-state index is 0.270. The number of hydrogen-bond donors (Lipinski definition) is 1. The topological polar surface area (TPSA) is 20.2 Å². The molecule has 0 rings (SSSR count). The quantitative estimate of drug-likeness (QED) is 0.590. The largest absolute Gasteiger partial charge is 0.396 e. The summed E-state index contributed by atoms with van der Waals surface area (Å²) in [6.07, 6.45) is 0.831. The lowest BCUT2D eigenvalue weighted by Gasteiger charge is -2.12. The maximum atomic E-state index is 8.45. The fraction of sp³-hybridized carbons (Fsp3) is 0.857. The Balaban J connectivity index is 3.17. The maximum absolute atomic E-state index is 8.45. The highest BCUT2D eigenvalue weighted by Gasteiger charge is 2.04. The highest BCUT2D eigenvalue weighted by molar-refractivity contribution is 4.63. The molecule has 0 spiro atoms. The van der Waals surface area contributed by atoms with Gasteiger partial charge in [0.15, 0.2) is 0 Å². The highest BCUT2D eigenvalue weighted by Crippen LogP contribution is 2.11. The summed E-state index contributed by atoms with van der Waals surface area (Å²) in [5.74, 6) is 1.02. The first-order chi connectivity index (χ1) is 3.68. The smallest absolute Gasteiger partial charge is 0.0433 e. The third kappa shape index (κ3) is 3.03. The first-order valence-corrected chi connectivity index (χ1v) is 3.12. The monoisotopic (exact) mass is 115 g/mol. The molecule has 0 fully saturated rings. The predicted molar refractivity (Wildman–Crippen MR) is 35.4 cm³/mol. The van der Waals surface area contributed by atoms with Crippen LogP contribution in [-0.2, 0) is 0 Å². The summed E-state index contributed by atoms with van der Waals surface area (Å²) in [6, 6.07) is 0. The summed E-state index contributed by atoms with van der Waals surface area (Å²) in [7, 11) is 0. The van der Waals surface area contributed by atoms with Gasteiger partial charge in [-0.25, -0.2) is 0 Å². The van der Waals surface area contributed by atoms with Crippen LogP contribution in [-0.4, -0.2) is 11.7 Å². The molecule has 8 heavy (non-hydrogen) atoms. The van der Waals surface area contributed by atoms with E-state index in [1.807, 2.05) is 0 Å². The van der Waals surface area contributed by atoms with Gasteiger partial charge in [-0.15, -0.1) is 0 Å². The fourth-order valence-corrected chi connectivity index (χ4v) is 0.499. The van der Waals surface area contributed by atoms with E-state index in [0.717, 1.165) is 6.42 Å². The van der Waals surface area contributed by atoms with E-state index in [1.165, 1.54) is 0 Å². The predicted octanol–water partition coefficient (Wildman–Crippen LogP) is 1.48. The lowest BCUT2D eigenvalue weighted by Crippen LogP contribution is -2.05. The van der Waals surface area contributed by atoms with E-state index < -0.39 is 0 Å². The molecule has 0 saturated carbocycles. The van der Waals surface area contributed by atoms with Gasteiger partial charge in [0.25, 0.3) is 0 Å². The van der Waals surface area contributed by atoms with Crippen LogP contribution < -0.4 is 0 Å². The molecular formula is C7H15O. The first-order valence-electron chi connectivity index (χ1n) is 3.12. The van der Waals surface area contributed by atoms with E-state index in [-0.39, 0.29) is 6.61 Å². The van der Waals surface area contributed by atoms with Crippen LogP contribution in [0.5, 0.6) is 0 Å². The molecule has 0 aromatic heterocycles. The van der Waals surface area contributed by atoms with Crippen LogP contribution >= 0.6 is 0 Å². The Kier molecular flexibility index (Phi) is 3.88. The molecule has 0 aromatic carbocycles. The Hall–Kier alpha value is -0.0400.